The van der Waals surface area contributed by atoms with E-state index in [1.165, 1.54) is 5.56 Å². The number of thiazole rings is 1. The molecule has 0 aliphatic carbocycles. The van der Waals surface area contributed by atoms with Crippen LogP contribution in [0.1, 0.15) is 34.9 Å². The number of aromatic nitrogens is 4. The summed E-state index contributed by atoms with van der Waals surface area (Å²) in [5.41, 5.74) is 4.23. The molecule has 0 fully saturated rings. The Kier molecular flexibility index (Phi) is 4.42. The molecule has 128 valence electrons. The molecule has 1 aliphatic rings. The number of fused-ring (bicyclic) bond motifs is 1. The van der Waals surface area contributed by atoms with Crippen LogP contribution in [-0.4, -0.2) is 26.5 Å². The molecule has 0 aromatic carbocycles. The molecule has 3 aromatic heterocycles. The van der Waals surface area contributed by atoms with E-state index in [4.69, 9.17) is 9.97 Å². The SMILES string of the molecule is Cc1nc([C@H](C)Nc2nc(-c3cccnc3)nc3c2CCNC3)cs1. The summed E-state index contributed by atoms with van der Waals surface area (Å²) in [4.78, 5) is 18.4. The van der Waals surface area contributed by atoms with Crippen LogP contribution in [0.4, 0.5) is 5.82 Å². The maximum absolute atomic E-state index is 4.81. The van der Waals surface area contributed by atoms with Gasteiger partial charge >= 0.3 is 0 Å². The average molecular weight is 352 g/mol. The standard InChI is InChI=1S/C18H20N6S/c1-11(16-10-25-12(2)22-16)21-18-14-5-7-20-9-15(14)23-17(24-18)13-4-3-6-19-8-13/h3-4,6,8,10-11,20H,5,7,9H2,1-2H3,(H,21,23,24)/t11-/m0/s1. The molecule has 0 amide bonds. The molecule has 4 heterocycles. The fourth-order valence-corrected chi connectivity index (χ4v) is 3.67. The van der Waals surface area contributed by atoms with Gasteiger partial charge in [0.2, 0.25) is 0 Å². The van der Waals surface area contributed by atoms with Crippen molar-refractivity contribution in [2.75, 3.05) is 11.9 Å². The van der Waals surface area contributed by atoms with Gasteiger partial charge in [0.1, 0.15) is 5.82 Å². The zero-order valence-electron chi connectivity index (χ0n) is 14.3. The summed E-state index contributed by atoms with van der Waals surface area (Å²) in [6.07, 6.45) is 4.48. The molecule has 0 spiro atoms. The first kappa shape index (κ1) is 16.1. The van der Waals surface area contributed by atoms with Gasteiger partial charge < -0.3 is 10.6 Å². The van der Waals surface area contributed by atoms with Crippen LogP contribution in [0.2, 0.25) is 0 Å². The van der Waals surface area contributed by atoms with Crippen LogP contribution in [-0.2, 0) is 13.0 Å². The Morgan fingerprint density at radius 1 is 1.28 bits per heavy atom. The zero-order chi connectivity index (χ0) is 17.2. The number of aryl methyl sites for hydroxylation is 1. The number of nitrogens with zero attached hydrogens (tertiary/aromatic N) is 4. The Morgan fingerprint density at radius 3 is 2.96 bits per heavy atom. The van der Waals surface area contributed by atoms with Crippen LogP contribution in [0.5, 0.6) is 0 Å². The van der Waals surface area contributed by atoms with Crippen molar-refractivity contribution >= 4 is 17.2 Å². The van der Waals surface area contributed by atoms with Crippen molar-refractivity contribution in [2.24, 2.45) is 0 Å². The minimum absolute atomic E-state index is 0.0978. The van der Waals surface area contributed by atoms with Crippen LogP contribution >= 0.6 is 11.3 Å². The highest BCUT2D eigenvalue weighted by Gasteiger charge is 2.20. The maximum Gasteiger partial charge on any atom is 0.163 e. The Hall–Kier alpha value is -2.38. The molecule has 6 nitrogen and oxygen atoms in total. The van der Waals surface area contributed by atoms with Gasteiger partial charge in [-0.3, -0.25) is 4.98 Å². The summed E-state index contributed by atoms with van der Waals surface area (Å²) in [5.74, 6) is 1.61. The topological polar surface area (TPSA) is 75.6 Å². The lowest BCUT2D eigenvalue weighted by Gasteiger charge is -2.22. The fraction of sp³-hybridized carbons (Fsp3) is 0.333. The van der Waals surface area contributed by atoms with E-state index in [-0.39, 0.29) is 6.04 Å². The third kappa shape index (κ3) is 3.38. The summed E-state index contributed by atoms with van der Waals surface area (Å²) in [7, 11) is 0. The Morgan fingerprint density at radius 2 is 2.20 bits per heavy atom. The molecule has 0 radical (unpaired) electrons. The minimum Gasteiger partial charge on any atom is -0.362 e. The van der Waals surface area contributed by atoms with Crippen molar-refractivity contribution in [1.82, 2.24) is 25.3 Å². The highest BCUT2D eigenvalue weighted by atomic mass is 32.1. The molecule has 0 bridgehead atoms. The van der Waals surface area contributed by atoms with Crippen molar-refractivity contribution in [2.45, 2.75) is 32.9 Å². The summed E-state index contributed by atoms with van der Waals surface area (Å²) in [5, 5.41) is 10.1. The zero-order valence-corrected chi connectivity index (χ0v) is 15.1. The Bertz CT molecular complexity index is 877. The van der Waals surface area contributed by atoms with Crippen molar-refractivity contribution in [3.63, 3.8) is 0 Å². The largest absolute Gasteiger partial charge is 0.362 e. The van der Waals surface area contributed by atoms with Crippen LogP contribution in [0.25, 0.3) is 11.4 Å². The smallest absolute Gasteiger partial charge is 0.163 e. The Balaban J connectivity index is 1.72. The molecule has 2 N–H and O–H groups in total. The van der Waals surface area contributed by atoms with Crippen LogP contribution < -0.4 is 10.6 Å². The number of anilines is 1. The number of hydrogen-bond donors (Lipinski definition) is 2. The lowest BCUT2D eigenvalue weighted by Crippen LogP contribution is -2.27. The summed E-state index contributed by atoms with van der Waals surface area (Å²) in [6.45, 7) is 5.86. The number of rotatable bonds is 4. The molecule has 0 unspecified atom stereocenters. The summed E-state index contributed by atoms with van der Waals surface area (Å²) < 4.78 is 0. The van der Waals surface area contributed by atoms with E-state index in [2.05, 4.69) is 32.9 Å². The normalized spacial score (nSPS) is 14.8. The van der Waals surface area contributed by atoms with Gasteiger partial charge in [0, 0.05) is 35.4 Å². The summed E-state index contributed by atoms with van der Waals surface area (Å²) in [6, 6.07) is 3.99. The second kappa shape index (κ2) is 6.85. The third-order valence-electron chi connectivity index (χ3n) is 4.29. The Labute approximate surface area is 150 Å². The first-order valence-electron chi connectivity index (χ1n) is 8.40. The molecular weight excluding hydrogens is 332 g/mol. The van der Waals surface area contributed by atoms with E-state index in [1.54, 1.807) is 23.7 Å². The molecular formula is C18H20N6S. The van der Waals surface area contributed by atoms with Gasteiger partial charge in [-0.05, 0) is 38.9 Å². The van der Waals surface area contributed by atoms with E-state index in [0.717, 1.165) is 47.3 Å². The van der Waals surface area contributed by atoms with E-state index in [0.29, 0.717) is 5.82 Å². The number of nitrogens with one attached hydrogen (secondary N) is 2. The molecule has 0 saturated carbocycles. The van der Waals surface area contributed by atoms with Crippen LogP contribution in [0.15, 0.2) is 29.9 Å². The van der Waals surface area contributed by atoms with E-state index in [9.17, 15) is 0 Å². The average Bonchev–Trinajstić information content (AvgIpc) is 3.09. The molecule has 3 aromatic rings. The lowest BCUT2D eigenvalue weighted by atomic mass is 10.1. The van der Waals surface area contributed by atoms with E-state index in [1.807, 2.05) is 19.1 Å². The monoisotopic (exact) mass is 352 g/mol. The van der Waals surface area contributed by atoms with Crippen molar-refractivity contribution in [3.8, 4) is 11.4 Å². The maximum atomic E-state index is 4.81. The first-order chi connectivity index (χ1) is 12.2. The van der Waals surface area contributed by atoms with Gasteiger partial charge in [0.15, 0.2) is 5.82 Å². The molecule has 25 heavy (non-hydrogen) atoms. The van der Waals surface area contributed by atoms with Crippen LogP contribution in [0.3, 0.4) is 0 Å². The van der Waals surface area contributed by atoms with Gasteiger partial charge in [-0.1, -0.05) is 0 Å². The van der Waals surface area contributed by atoms with Gasteiger partial charge in [-0.15, -0.1) is 11.3 Å². The van der Waals surface area contributed by atoms with Crippen molar-refractivity contribution < 1.29 is 0 Å². The van der Waals surface area contributed by atoms with E-state index >= 15 is 0 Å². The highest BCUT2D eigenvalue weighted by molar-refractivity contribution is 7.09. The first-order valence-corrected chi connectivity index (χ1v) is 9.28. The van der Waals surface area contributed by atoms with E-state index < -0.39 is 0 Å². The van der Waals surface area contributed by atoms with Gasteiger partial charge in [0.25, 0.3) is 0 Å². The highest BCUT2D eigenvalue weighted by Crippen LogP contribution is 2.28. The molecule has 4 rings (SSSR count). The number of hydrogen-bond acceptors (Lipinski definition) is 7. The quantitative estimate of drug-likeness (QED) is 0.751. The second-order valence-electron chi connectivity index (χ2n) is 6.15. The van der Waals surface area contributed by atoms with Crippen LogP contribution in [0, 0.1) is 6.92 Å². The third-order valence-corrected chi connectivity index (χ3v) is 5.08. The van der Waals surface area contributed by atoms with Gasteiger partial charge in [-0.25, -0.2) is 15.0 Å². The predicted octanol–water partition coefficient (Wildman–Crippen LogP) is 3.12. The second-order valence-corrected chi connectivity index (χ2v) is 7.21. The van der Waals surface area contributed by atoms with Crippen molar-refractivity contribution in [3.05, 3.63) is 51.9 Å². The van der Waals surface area contributed by atoms with Gasteiger partial charge in [0.05, 0.1) is 22.4 Å². The summed E-state index contributed by atoms with van der Waals surface area (Å²) >= 11 is 1.67. The molecule has 1 aliphatic heterocycles. The fourth-order valence-electron chi connectivity index (χ4n) is 2.96. The van der Waals surface area contributed by atoms with Gasteiger partial charge in [-0.2, -0.15) is 0 Å². The number of pyridine rings is 1. The molecule has 1 atom stereocenters. The predicted molar refractivity (Wildman–Crippen MR) is 99.6 cm³/mol. The molecule has 0 saturated heterocycles. The minimum atomic E-state index is 0.0978. The lowest BCUT2D eigenvalue weighted by molar-refractivity contribution is 0.623. The van der Waals surface area contributed by atoms with Crippen molar-refractivity contribution in [1.29, 1.82) is 0 Å². The molecule has 7 heteroatoms.